The minimum atomic E-state index is -0.258. The summed E-state index contributed by atoms with van der Waals surface area (Å²) < 4.78 is 28.3. The summed E-state index contributed by atoms with van der Waals surface area (Å²) in [5, 5.41) is 3.30. The first-order chi connectivity index (χ1) is 12.2. The molecule has 6 nitrogen and oxygen atoms in total. The van der Waals surface area contributed by atoms with E-state index in [4.69, 9.17) is 23.7 Å². The summed E-state index contributed by atoms with van der Waals surface area (Å²) in [5.74, 6) is 3.36. The molecule has 1 aliphatic rings. The van der Waals surface area contributed by atoms with E-state index in [-0.39, 0.29) is 12.3 Å². The van der Waals surface area contributed by atoms with Crippen LogP contribution < -0.4 is 29.0 Å². The zero-order valence-corrected chi connectivity index (χ0v) is 14.7. The summed E-state index contributed by atoms with van der Waals surface area (Å²) >= 11 is 0. The third kappa shape index (κ3) is 4.09. The van der Waals surface area contributed by atoms with Crippen molar-refractivity contribution in [3.8, 4) is 28.7 Å². The predicted molar refractivity (Wildman–Crippen MR) is 94.0 cm³/mol. The minimum absolute atomic E-state index is 0.0829. The van der Waals surface area contributed by atoms with Crippen molar-refractivity contribution in [1.29, 1.82) is 0 Å². The van der Waals surface area contributed by atoms with Crippen LogP contribution in [0.4, 0.5) is 0 Å². The van der Waals surface area contributed by atoms with Crippen molar-refractivity contribution >= 4 is 0 Å². The number of methoxy groups -OCH3 is 2. The van der Waals surface area contributed by atoms with E-state index in [1.807, 2.05) is 49.4 Å². The van der Waals surface area contributed by atoms with Crippen molar-refractivity contribution in [1.82, 2.24) is 5.32 Å². The van der Waals surface area contributed by atoms with Crippen molar-refractivity contribution in [2.45, 2.75) is 19.3 Å². The lowest BCUT2D eigenvalue weighted by molar-refractivity contribution is 0.0745. The molecule has 0 radical (unpaired) electrons. The summed E-state index contributed by atoms with van der Waals surface area (Å²) in [6.07, 6.45) is -0.341. The Balaban J connectivity index is 1.57. The van der Waals surface area contributed by atoms with Gasteiger partial charge in [-0.2, -0.15) is 0 Å². The molecule has 2 aromatic rings. The Kier molecular flexibility index (Phi) is 5.50. The van der Waals surface area contributed by atoms with Gasteiger partial charge in [0.25, 0.3) is 0 Å². The second-order valence-electron chi connectivity index (χ2n) is 5.66. The van der Waals surface area contributed by atoms with E-state index in [1.165, 1.54) is 0 Å². The van der Waals surface area contributed by atoms with Crippen LogP contribution in [0.2, 0.25) is 0 Å². The molecule has 0 aromatic heterocycles. The van der Waals surface area contributed by atoms with Gasteiger partial charge in [-0.25, -0.2) is 0 Å². The fraction of sp³-hybridized carbons (Fsp3) is 0.368. The van der Waals surface area contributed by atoms with E-state index in [2.05, 4.69) is 5.32 Å². The molecule has 2 aromatic carbocycles. The molecule has 0 saturated heterocycles. The van der Waals surface area contributed by atoms with E-state index in [1.54, 1.807) is 14.2 Å². The van der Waals surface area contributed by atoms with E-state index >= 15 is 0 Å². The Labute approximate surface area is 147 Å². The average molecular weight is 345 g/mol. The molecular formula is C19H23NO5. The summed E-state index contributed by atoms with van der Waals surface area (Å²) in [7, 11) is 3.20. The first kappa shape index (κ1) is 17.2. The van der Waals surface area contributed by atoms with E-state index < -0.39 is 0 Å². The van der Waals surface area contributed by atoms with Gasteiger partial charge in [0.1, 0.15) is 18.9 Å². The van der Waals surface area contributed by atoms with Crippen molar-refractivity contribution in [2.75, 3.05) is 27.4 Å². The molecular weight excluding hydrogens is 322 g/mol. The molecule has 0 amide bonds. The third-order valence-electron chi connectivity index (χ3n) is 3.88. The Hall–Kier alpha value is -2.60. The molecule has 0 saturated carbocycles. The zero-order valence-electron chi connectivity index (χ0n) is 14.7. The standard InChI is InChI=1S/C19H23NO5/c1-13(24-19-17(21-2)9-6-10-18(19)22-3)20-11-14-12-23-15-7-4-5-8-16(15)25-14/h4-10,13-14,20H,11-12H2,1-3H3. The molecule has 0 bridgehead atoms. The van der Waals surface area contributed by atoms with Crippen molar-refractivity contribution < 1.29 is 23.7 Å². The Morgan fingerprint density at radius 2 is 1.72 bits per heavy atom. The molecule has 1 heterocycles. The van der Waals surface area contributed by atoms with Crippen LogP contribution in [0.1, 0.15) is 6.92 Å². The average Bonchev–Trinajstić information content (AvgIpc) is 2.66. The maximum Gasteiger partial charge on any atom is 0.205 e. The summed E-state index contributed by atoms with van der Waals surface area (Å²) in [5.41, 5.74) is 0. The van der Waals surface area contributed by atoms with Gasteiger partial charge < -0.3 is 23.7 Å². The highest BCUT2D eigenvalue weighted by atomic mass is 16.6. The van der Waals surface area contributed by atoms with Crippen molar-refractivity contribution in [3.05, 3.63) is 42.5 Å². The van der Waals surface area contributed by atoms with E-state index in [0.717, 1.165) is 11.5 Å². The molecule has 25 heavy (non-hydrogen) atoms. The maximum absolute atomic E-state index is 5.96. The molecule has 2 unspecified atom stereocenters. The Morgan fingerprint density at radius 3 is 2.40 bits per heavy atom. The second-order valence-corrected chi connectivity index (χ2v) is 5.66. The maximum atomic E-state index is 5.96. The largest absolute Gasteiger partial charge is 0.493 e. The van der Waals surface area contributed by atoms with Crippen LogP contribution in [0.5, 0.6) is 28.7 Å². The van der Waals surface area contributed by atoms with E-state index in [9.17, 15) is 0 Å². The van der Waals surface area contributed by atoms with Crippen LogP contribution >= 0.6 is 0 Å². The lowest BCUT2D eigenvalue weighted by atomic mass is 10.2. The number of fused-ring (bicyclic) bond motifs is 1. The number of nitrogens with one attached hydrogen (secondary N) is 1. The third-order valence-corrected chi connectivity index (χ3v) is 3.88. The van der Waals surface area contributed by atoms with Crippen LogP contribution in [0, 0.1) is 0 Å². The van der Waals surface area contributed by atoms with Gasteiger partial charge in [0, 0.05) is 6.54 Å². The summed E-state index contributed by atoms with van der Waals surface area (Å²) in [6, 6.07) is 13.2. The first-order valence-corrected chi connectivity index (χ1v) is 8.20. The van der Waals surface area contributed by atoms with Crippen LogP contribution in [0.15, 0.2) is 42.5 Å². The lowest BCUT2D eigenvalue weighted by Crippen LogP contribution is -2.43. The SMILES string of the molecule is COc1cccc(OC)c1OC(C)NCC1COc2ccccc2O1. The number of hydrogen-bond donors (Lipinski definition) is 1. The van der Waals surface area contributed by atoms with Gasteiger partial charge in [-0.05, 0) is 31.2 Å². The smallest absolute Gasteiger partial charge is 0.205 e. The van der Waals surface area contributed by atoms with Gasteiger partial charge >= 0.3 is 0 Å². The number of rotatable bonds is 7. The van der Waals surface area contributed by atoms with Crippen molar-refractivity contribution in [2.24, 2.45) is 0 Å². The van der Waals surface area contributed by atoms with Gasteiger partial charge in [-0.15, -0.1) is 0 Å². The molecule has 0 fully saturated rings. The monoisotopic (exact) mass is 345 g/mol. The van der Waals surface area contributed by atoms with Gasteiger partial charge in [0.05, 0.1) is 14.2 Å². The molecule has 1 aliphatic heterocycles. The Bertz CT molecular complexity index is 684. The van der Waals surface area contributed by atoms with Crippen molar-refractivity contribution in [3.63, 3.8) is 0 Å². The molecule has 6 heteroatoms. The van der Waals surface area contributed by atoms with Crippen LogP contribution in [0.3, 0.4) is 0 Å². The number of hydrogen-bond acceptors (Lipinski definition) is 6. The predicted octanol–water partition coefficient (Wildman–Crippen LogP) is 2.86. The molecule has 2 atom stereocenters. The van der Waals surface area contributed by atoms with Crippen LogP contribution in [-0.4, -0.2) is 39.7 Å². The molecule has 0 aliphatic carbocycles. The topological polar surface area (TPSA) is 58.2 Å². The van der Waals surface area contributed by atoms with Gasteiger partial charge in [0.15, 0.2) is 23.0 Å². The highest BCUT2D eigenvalue weighted by Crippen LogP contribution is 2.37. The summed E-state index contributed by atoms with van der Waals surface area (Å²) in [6.45, 7) is 3.01. The zero-order chi connectivity index (χ0) is 17.6. The highest BCUT2D eigenvalue weighted by molar-refractivity contribution is 5.51. The quantitative estimate of drug-likeness (QED) is 0.779. The lowest BCUT2D eigenvalue weighted by Gasteiger charge is -2.28. The number of para-hydroxylation sites is 3. The second kappa shape index (κ2) is 7.98. The fourth-order valence-electron chi connectivity index (χ4n) is 2.61. The Morgan fingerprint density at radius 1 is 1.04 bits per heavy atom. The van der Waals surface area contributed by atoms with Gasteiger partial charge in [-0.3, -0.25) is 5.32 Å². The number of ether oxygens (including phenoxy) is 5. The van der Waals surface area contributed by atoms with Gasteiger partial charge in [0.2, 0.25) is 5.75 Å². The molecule has 134 valence electrons. The van der Waals surface area contributed by atoms with E-state index in [0.29, 0.717) is 30.4 Å². The van der Waals surface area contributed by atoms with Gasteiger partial charge in [-0.1, -0.05) is 18.2 Å². The molecule has 1 N–H and O–H groups in total. The number of benzene rings is 2. The molecule has 0 spiro atoms. The fourth-order valence-corrected chi connectivity index (χ4v) is 2.61. The van der Waals surface area contributed by atoms with Crippen LogP contribution in [0.25, 0.3) is 0 Å². The first-order valence-electron chi connectivity index (χ1n) is 8.20. The summed E-state index contributed by atoms with van der Waals surface area (Å²) in [4.78, 5) is 0. The minimum Gasteiger partial charge on any atom is -0.493 e. The normalized spacial score (nSPS) is 16.8. The van der Waals surface area contributed by atoms with Crippen LogP contribution in [-0.2, 0) is 0 Å². The molecule has 3 rings (SSSR count). The highest BCUT2D eigenvalue weighted by Gasteiger charge is 2.22.